The van der Waals surface area contributed by atoms with Gasteiger partial charge in [-0.2, -0.15) is 8.42 Å². The number of amides is 1. The van der Waals surface area contributed by atoms with Crippen LogP contribution in [0.2, 0.25) is 0 Å². The Bertz CT molecular complexity index is 464. The van der Waals surface area contributed by atoms with Crippen molar-refractivity contribution in [3.63, 3.8) is 0 Å². The van der Waals surface area contributed by atoms with Gasteiger partial charge in [-0.1, -0.05) is 45.4 Å². The molecule has 3 N–H and O–H groups in total. The van der Waals surface area contributed by atoms with Gasteiger partial charge in [-0.05, 0) is 6.42 Å². The van der Waals surface area contributed by atoms with E-state index in [0.717, 1.165) is 19.3 Å². The highest BCUT2D eigenvalue weighted by Crippen LogP contribution is 2.09. The van der Waals surface area contributed by atoms with Crippen LogP contribution in [0.5, 0.6) is 0 Å². The van der Waals surface area contributed by atoms with Crippen molar-refractivity contribution < 1.29 is 22.6 Å². The predicted octanol–water partition coefficient (Wildman–Crippen LogP) is 1.37. The molecule has 0 aromatic carbocycles. The number of carbonyl (C=O) groups excluding carboxylic acids is 2. The molecular weight excluding hydrogens is 320 g/mol. The SMILES string of the molecule is CCCCCCCCCC(=O)N(C)CC(=O)C(CN)S(=O)(=O)O. The fraction of sp³-hybridized carbons (Fsp3) is 0.867. The topological polar surface area (TPSA) is 118 Å². The Morgan fingerprint density at radius 3 is 2.09 bits per heavy atom. The summed E-state index contributed by atoms with van der Waals surface area (Å²) in [5.74, 6) is -0.983. The third-order valence-corrected chi connectivity index (χ3v) is 4.92. The second-order valence-corrected chi connectivity index (χ2v) is 7.43. The van der Waals surface area contributed by atoms with Gasteiger partial charge in [0.1, 0.15) is 0 Å². The number of unbranched alkanes of at least 4 members (excludes halogenated alkanes) is 6. The summed E-state index contributed by atoms with van der Waals surface area (Å²) < 4.78 is 31.0. The Balaban J connectivity index is 4.08. The molecule has 0 aliphatic rings. The molecule has 0 heterocycles. The van der Waals surface area contributed by atoms with E-state index in [9.17, 15) is 18.0 Å². The van der Waals surface area contributed by atoms with Crippen molar-refractivity contribution in [1.29, 1.82) is 0 Å². The molecule has 0 aliphatic carbocycles. The Hall–Kier alpha value is -0.990. The minimum atomic E-state index is -4.53. The van der Waals surface area contributed by atoms with Gasteiger partial charge in [0.25, 0.3) is 10.1 Å². The fourth-order valence-corrected chi connectivity index (χ4v) is 2.92. The van der Waals surface area contributed by atoms with Crippen molar-refractivity contribution in [1.82, 2.24) is 4.90 Å². The third-order valence-electron chi connectivity index (χ3n) is 3.75. The largest absolute Gasteiger partial charge is 0.338 e. The number of hydrogen-bond acceptors (Lipinski definition) is 5. The Kier molecular flexibility index (Phi) is 11.0. The second kappa shape index (κ2) is 11.5. The number of nitrogens with two attached hydrogens (primary N) is 1. The van der Waals surface area contributed by atoms with Crippen LogP contribution in [-0.2, 0) is 19.7 Å². The summed E-state index contributed by atoms with van der Waals surface area (Å²) in [6, 6.07) is 0. The standard InChI is InChI=1S/C15H30N2O5S/c1-3-4-5-6-7-8-9-10-15(19)17(2)12-13(18)14(11-16)23(20,21)22/h14H,3-12,16H2,1-2H3,(H,20,21,22). The lowest BCUT2D eigenvalue weighted by molar-refractivity contribution is -0.134. The maximum atomic E-state index is 11.9. The predicted molar refractivity (Wildman–Crippen MR) is 89.6 cm³/mol. The lowest BCUT2D eigenvalue weighted by atomic mass is 10.1. The molecular formula is C15H30N2O5S. The van der Waals surface area contributed by atoms with Crippen LogP contribution in [0.1, 0.15) is 58.3 Å². The molecule has 136 valence electrons. The fourth-order valence-electron chi connectivity index (χ4n) is 2.27. The molecule has 1 amide bonds. The number of rotatable bonds is 13. The molecule has 1 atom stereocenters. The van der Waals surface area contributed by atoms with Crippen molar-refractivity contribution in [2.45, 2.75) is 63.5 Å². The summed E-state index contributed by atoms with van der Waals surface area (Å²) in [6.07, 6.45) is 7.96. The van der Waals surface area contributed by atoms with Gasteiger partial charge in [0, 0.05) is 20.0 Å². The molecule has 8 heteroatoms. The van der Waals surface area contributed by atoms with E-state index < -0.39 is 27.7 Å². The van der Waals surface area contributed by atoms with Crippen LogP contribution < -0.4 is 5.73 Å². The number of nitrogens with zero attached hydrogens (tertiary/aromatic N) is 1. The molecule has 23 heavy (non-hydrogen) atoms. The summed E-state index contributed by atoms with van der Waals surface area (Å²) in [4.78, 5) is 24.9. The first kappa shape index (κ1) is 22.0. The molecule has 0 radical (unpaired) electrons. The molecule has 0 aromatic heterocycles. The van der Waals surface area contributed by atoms with Crippen molar-refractivity contribution >= 4 is 21.8 Å². The highest BCUT2D eigenvalue weighted by Gasteiger charge is 2.30. The van der Waals surface area contributed by atoms with E-state index >= 15 is 0 Å². The normalized spacial score (nSPS) is 12.9. The van der Waals surface area contributed by atoms with Crippen molar-refractivity contribution in [3.8, 4) is 0 Å². The number of likely N-dealkylation sites (N-methyl/N-ethyl adjacent to an activating group) is 1. The zero-order valence-electron chi connectivity index (χ0n) is 14.2. The summed E-state index contributed by atoms with van der Waals surface area (Å²) in [6.45, 7) is 1.29. The van der Waals surface area contributed by atoms with Gasteiger partial charge in [0.2, 0.25) is 5.91 Å². The van der Waals surface area contributed by atoms with Crippen molar-refractivity contribution in [2.24, 2.45) is 5.73 Å². The molecule has 0 bridgehead atoms. The molecule has 0 aromatic rings. The minimum Gasteiger partial charge on any atom is -0.338 e. The first-order valence-corrected chi connectivity index (χ1v) is 9.67. The summed E-state index contributed by atoms with van der Waals surface area (Å²) in [5, 5.41) is -1.67. The quantitative estimate of drug-likeness (QED) is 0.382. The van der Waals surface area contributed by atoms with Crippen LogP contribution >= 0.6 is 0 Å². The average molecular weight is 350 g/mol. The van der Waals surface area contributed by atoms with Crippen molar-refractivity contribution in [2.75, 3.05) is 20.1 Å². The van der Waals surface area contributed by atoms with Crippen LogP contribution in [0.4, 0.5) is 0 Å². The van der Waals surface area contributed by atoms with E-state index in [1.807, 2.05) is 0 Å². The molecule has 0 fully saturated rings. The number of hydrogen-bond donors (Lipinski definition) is 2. The van der Waals surface area contributed by atoms with Crippen LogP contribution in [0.3, 0.4) is 0 Å². The molecule has 0 aliphatic heterocycles. The Morgan fingerprint density at radius 2 is 1.61 bits per heavy atom. The molecule has 1 unspecified atom stereocenters. The first-order valence-electron chi connectivity index (χ1n) is 8.17. The lowest BCUT2D eigenvalue weighted by Crippen LogP contribution is -2.43. The zero-order chi connectivity index (χ0) is 17.9. The lowest BCUT2D eigenvalue weighted by Gasteiger charge is -2.18. The smallest absolute Gasteiger partial charge is 0.276 e. The number of Topliss-reactive ketones (excluding diaryl/α,β-unsaturated/α-hetero) is 1. The van der Waals surface area contributed by atoms with E-state index in [-0.39, 0.29) is 12.5 Å². The van der Waals surface area contributed by atoms with Crippen LogP contribution in [0, 0.1) is 0 Å². The number of carbonyl (C=O) groups is 2. The van der Waals surface area contributed by atoms with Crippen LogP contribution in [-0.4, -0.2) is 54.9 Å². The molecule has 0 spiro atoms. The summed E-state index contributed by atoms with van der Waals surface area (Å²) in [5.41, 5.74) is 5.20. The first-order chi connectivity index (χ1) is 10.7. The number of ketones is 1. The average Bonchev–Trinajstić information content (AvgIpc) is 2.45. The Labute approximate surface area is 139 Å². The zero-order valence-corrected chi connectivity index (χ0v) is 15.0. The van der Waals surface area contributed by atoms with Gasteiger partial charge < -0.3 is 10.6 Å². The van der Waals surface area contributed by atoms with E-state index in [2.05, 4.69) is 6.92 Å². The highest BCUT2D eigenvalue weighted by atomic mass is 32.2. The van der Waals surface area contributed by atoms with Crippen LogP contribution in [0.15, 0.2) is 0 Å². The maximum absolute atomic E-state index is 11.9. The Morgan fingerprint density at radius 1 is 1.09 bits per heavy atom. The van der Waals surface area contributed by atoms with Gasteiger partial charge >= 0.3 is 0 Å². The third kappa shape index (κ3) is 9.68. The molecule has 0 saturated carbocycles. The van der Waals surface area contributed by atoms with Gasteiger partial charge in [-0.15, -0.1) is 0 Å². The van der Waals surface area contributed by atoms with Gasteiger partial charge in [-0.25, -0.2) is 0 Å². The van der Waals surface area contributed by atoms with E-state index in [4.69, 9.17) is 10.3 Å². The molecule has 7 nitrogen and oxygen atoms in total. The van der Waals surface area contributed by atoms with E-state index in [0.29, 0.717) is 6.42 Å². The van der Waals surface area contributed by atoms with Gasteiger partial charge in [0.15, 0.2) is 11.0 Å². The second-order valence-electron chi connectivity index (χ2n) is 5.83. The van der Waals surface area contributed by atoms with E-state index in [1.165, 1.54) is 37.6 Å². The monoisotopic (exact) mass is 350 g/mol. The maximum Gasteiger partial charge on any atom is 0.276 e. The van der Waals surface area contributed by atoms with Gasteiger partial charge in [0.05, 0.1) is 6.54 Å². The summed E-state index contributed by atoms with van der Waals surface area (Å²) in [7, 11) is -3.09. The minimum absolute atomic E-state index is 0.210. The highest BCUT2D eigenvalue weighted by molar-refractivity contribution is 7.87. The molecule has 0 rings (SSSR count). The van der Waals surface area contributed by atoms with E-state index in [1.54, 1.807) is 0 Å². The summed E-state index contributed by atoms with van der Waals surface area (Å²) >= 11 is 0. The van der Waals surface area contributed by atoms with Crippen molar-refractivity contribution in [3.05, 3.63) is 0 Å². The van der Waals surface area contributed by atoms with Crippen LogP contribution in [0.25, 0.3) is 0 Å². The van der Waals surface area contributed by atoms with Gasteiger partial charge in [-0.3, -0.25) is 14.1 Å². The molecule has 0 saturated heterocycles.